The van der Waals surface area contributed by atoms with Gasteiger partial charge in [0.25, 0.3) is 0 Å². The summed E-state index contributed by atoms with van der Waals surface area (Å²) in [5.41, 5.74) is 0.819. The molecule has 1 saturated heterocycles. The standard InChI is InChI=1S/C12H16N6/c1-9-8-18(7-6-13-9)12-15-11(16-17-12)10-4-2-3-5-14-10/h2-5,9,13H,6-8H2,1H3,(H,15,16,17)/t9-/m1/s1. The van der Waals surface area contributed by atoms with Gasteiger partial charge in [-0.3, -0.25) is 10.1 Å². The second kappa shape index (κ2) is 4.73. The molecule has 1 aliphatic heterocycles. The summed E-state index contributed by atoms with van der Waals surface area (Å²) in [5, 5.41) is 10.6. The average Bonchev–Trinajstić information content (AvgIpc) is 2.89. The Hall–Kier alpha value is -1.95. The van der Waals surface area contributed by atoms with Crippen LogP contribution < -0.4 is 10.2 Å². The van der Waals surface area contributed by atoms with Gasteiger partial charge in [-0.2, -0.15) is 4.98 Å². The molecule has 2 aromatic heterocycles. The molecule has 3 rings (SSSR count). The number of anilines is 1. The van der Waals surface area contributed by atoms with Crippen LogP contribution in [0.5, 0.6) is 0 Å². The zero-order valence-corrected chi connectivity index (χ0v) is 10.3. The first-order valence-electron chi connectivity index (χ1n) is 6.15. The van der Waals surface area contributed by atoms with Crippen molar-refractivity contribution in [2.45, 2.75) is 13.0 Å². The maximum absolute atomic E-state index is 4.51. The van der Waals surface area contributed by atoms with E-state index in [1.54, 1.807) is 6.20 Å². The number of rotatable bonds is 2. The number of piperazine rings is 1. The Labute approximate surface area is 105 Å². The van der Waals surface area contributed by atoms with E-state index >= 15 is 0 Å². The highest BCUT2D eigenvalue weighted by molar-refractivity contribution is 5.50. The van der Waals surface area contributed by atoms with Crippen molar-refractivity contribution in [3.8, 4) is 11.5 Å². The van der Waals surface area contributed by atoms with Gasteiger partial charge in [0.2, 0.25) is 5.95 Å². The molecule has 3 heterocycles. The molecule has 94 valence electrons. The van der Waals surface area contributed by atoms with Gasteiger partial charge in [0.1, 0.15) is 5.69 Å². The van der Waals surface area contributed by atoms with Crippen LogP contribution in [0.2, 0.25) is 0 Å². The zero-order chi connectivity index (χ0) is 12.4. The van der Waals surface area contributed by atoms with E-state index in [0.29, 0.717) is 6.04 Å². The topological polar surface area (TPSA) is 69.7 Å². The summed E-state index contributed by atoms with van der Waals surface area (Å²) >= 11 is 0. The lowest BCUT2D eigenvalue weighted by atomic mass is 10.2. The highest BCUT2D eigenvalue weighted by atomic mass is 15.4. The summed E-state index contributed by atoms with van der Waals surface area (Å²) in [4.78, 5) is 11.0. The van der Waals surface area contributed by atoms with Gasteiger partial charge in [0.05, 0.1) is 0 Å². The minimum absolute atomic E-state index is 0.468. The molecule has 0 spiro atoms. The summed E-state index contributed by atoms with van der Waals surface area (Å²) in [6.07, 6.45) is 1.75. The van der Waals surface area contributed by atoms with Crippen molar-refractivity contribution in [2.24, 2.45) is 0 Å². The van der Waals surface area contributed by atoms with Crippen LogP contribution in [0.15, 0.2) is 24.4 Å². The second-order valence-corrected chi connectivity index (χ2v) is 4.50. The van der Waals surface area contributed by atoms with Crippen LogP contribution in [0.4, 0.5) is 5.95 Å². The monoisotopic (exact) mass is 244 g/mol. The molecule has 18 heavy (non-hydrogen) atoms. The summed E-state index contributed by atoms with van der Waals surface area (Å²) in [5.74, 6) is 1.47. The third-order valence-electron chi connectivity index (χ3n) is 3.03. The van der Waals surface area contributed by atoms with Gasteiger partial charge >= 0.3 is 0 Å². The first-order valence-corrected chi connectivity index (χ1v) is 6.15. The predicted octanol–water partition coefficient (Wildman–Crippen LogP) is 0.665. The number of H-pyrrole nitrogens is 1. The lowest BCUT2D eigenvalue weighted by Gasteiger charge is -2.30. The van der Waals surface area contributed by atoms with Crippen LogP contribution in [-0.4, -0.2) is 45.8 Å². The Bertz CT molecular complexity index is 508. The van der Waals surface area contributed by atoms with Crippen LogP contribution in [0, 0.1) is 0 Å². The third kappa shape index (κ3) is 2.19. The minimum atomic E-state index is 0.468. The van der Waals surface area contributed by atoms with Crippen molar-refractivity contribution >= 4 is 5.95 Å². The van der Waals surface area contributed by atoms with Crippen LogP contribution in [0.3, 0.4) is 0 Å². The van der Waals surface area contributed by atoms with Crippen molar-refractivity contribution in [3.05, 3.63) is 24.4 Å². The molecule has 1 atom stereocenters. The van der Waals surface area contributed by atoms with Gasteiger partial charge in [0, 0.05) is 31.9 Å². The van der Waals surface area contributed by atoms with Gasteiger partial charge in [-0.25, -0.2) is 0 Å². The molecule has 6 heteroatoms. The Balaban J connectivity index is 1.81. The number of nitrogens with zero attached hydrogens (tertiary/aromatic N) is 4. The molecule has 0 amide bonds. The summed E-state index contributed by atoms with van der Waals surface area (Å²) in [6.45, 7) is 5.00. The van der Waals surface area contributed by atoms with Gasteiger partial charge in [-0.15, -0.1) is 5.10 Å². The van der Waals surface area contributed by atoms with E-state index in [9.17, 15) is 0 Å². The van der Waals surface area contributed by atoms with Gasteiger partial charge in [0.15, 0.2) is 5.82 Å². The first-order chi connectivity index (χ1) is 8.83. The minimum Gasteiger partial charge on any atom is -0.337 e. The van der Waals surface area contributed by atoms with Crippen molar-refractivity contribution in [1.29, 1.82) is 0 Å². The van der Waals surface area contributed by atoms with E-state index in [1.807, 2.05) is 18.2 Å². The number of hydrogen-bond donors (Lipinski definition) is 2. The summed E-state index contributed by atoms with van der Waals surface area (Å²) in [7, 11) is 0. The predicted molar refractivity (Wildman–Crippen MR) is 69.3 cm³/mol. The van der Waals surface area contributed by atoms with Gasteiger partial charge < -0.3 is 10.2 Å². The highest BCUT2D eigenvalue weighted by Crippen LogP contribution is 2.15. The molecule has 0 radical (unpaired) electrons. The van der Waals surface area contributed by atoms with Crippen LogP contribution >= 0.6 is 0 Å². The van der Waals surface area contributed by atoms with E-state index in [4.69, 9.17) is 0 Å². The molecule has 0 bridgehead atoms. The van der Waals surface area contributed by atoms with Crippen LogP contribution in [-0.2, 0) is 0 Å². The fourth-order valence-electron chi connectivity index (χ4n) is 2.13. The van der Waals surface area contributed by atoms with E-state index in [1.165, 1.54) is 0 Å². The first kappa shape index (κ1) is 11.2. The molecule has 2 aromatic rings. The van der Waals surface area contributed by atoms with Gasteiger partial charge in [-0.05, 0) is 19.1 Å². The largest absolute Gasteiger partial charge is 0.337 e. The highest BCUT2D eigenvalue weighted by Gasteiger charge is 2.19. The van der Waals surface area contributed by atoms with Crippen molar-refractivity contribution in [2.75, 3.05) is 24.5 Å². The quantitative estimate of drug-likeness (QED) is 0.812. The van der Waals surface area contributed by atoms with Gasteiger partial charge in [-0.1, -0.05) is 6.07 Å². The van der Waals surface area contributed by atoms with E-state index in [-0.39, 0.29) is 0 Å². The van der Waals surface area contributed by atoms with Crippen LogP contribution in [0.1, 0.15) is 6.92 Å². The Morgan fingerprint density at radius 2 is 2.33 bits per heavy atom. The summed E-state index contributed by atoms with van der Waals surface area (Å²) in [6, 6.07) is 6.22. The average molecular weight is 244 g/mol. The van der Waals surface area contributed by atoms with E-state index in [0.717, 1.165) is 37.1 Å². The second-order valence-electron chi connectivity index (χ2n) is 4.50. The maximum Gasteiger partial charge on any atom is 0.245 e. The lowest BCUT2D eigenvalue weighted by Crippen LogP contribution is -2.49. The molecule has 0 unspecified atom stereocenters. The van der Waals surface area contributed by atoms with Crippen LogP contribution in [0.25, 0.3) is 11.5 Å². The Morgan fingerprint density at radius 1 is 1.39 bits per heavy atom. The fourth-order valence-corrected chi connectivity index (χ4v) is 2.13. The fraction of sp³-hybridized carbons (Fsp3) is 0.417. The molecule has 2 N–H and O–H groups in total. The molecule has 6 nitrogen and oxygen atoms in total. The lowest BCUT2D eigenvalue weighted by molar-refractivity contribution is 0.480. The summed E-state index contributed by atoms with van der Waals surface area (Å²) < 4.78 is 0. The SMILES string of the molecule is C[C@@H]1CN(c2n[nH]c(-c3ccccn3)n2)CCN1. The van der Waals surface area contributed by atoms with Crippen molar-refractivity contribution in [3.63, 3.8) is 0 Å². The number of pyridine rings is 1. The molecule has 0 aromatic carbocycles. The Morgan fingerprint density at radius 3 is 3.11 bits per heavy atom. The maximum atomic E-state index is 4.51. The molecule has 1 fully saturated rings. The number of aromatic amines is 1. The zero-order valence-electron chi connectivity index (χ0n) is 10.3. The normalized spacial score (nSPS) is 20.1. The van der Waals surface area contributed by atoms with Crippen molar-refractivity contribution in [1.82, 2.24) is 25.5 Å². The Kier molecular flexibility index (Phi) is 2.93. The smallest absolute Gasteiger partial charge is 0.245 e. The molecule has 0 aliphatic carbocycles. The van der Waals surface area contributed by atoms with E-state index < -0.39 is 0 Å². The van der Waals surface area contributed by atoms with Crippen molar-refractivity contribution < 1.29 is 0 Å². The number of hydrogen-bond acceptors (Lipinski definition) is 5. The molecule has 0 saturated carbocycles. The van der Waals surface area contributed by atoms with E-state index in [2.05, 4.69) is 37.3 Å². The third-order valence-corrected chi connectivity index (χ3v) is 3.03. The number of nitrogens with one attached hydrogen (secondary N) is 2. The molecular weight excluding hydrogens is 228 g/mol. The molecule has 1 aliphatic rings. The number of aromatic nitrogens is 4. The molecular formula is C12H16N6.